The lowest BCUT2D eigenvalue weighted by atomic mass is 9.87. The Morgan fingerprint density at radius 3 is 2.18 bits per heavy atom. The predicted octanol–water partition coefficient (Wildman–Crippen LogP) is 3.08. The highest BCUT2D eigenvalue weighted by Crippen LogP contribution is 2.19. The van der Waals surface area contributed by atoms with E-state index in [0.29, 0.717) is 5.69 Å². The van der Waals surface area contributed by atoms with Crippen molar-refractivity contribution in [3.8, 4) is 0 Å². The molecule has 1 aromatic rings. The number of carbonyl (C=O) groups is 1. The fourth-order valence-corrected chi connectivity index (χ4v) is 1.81. The number of halogens is 2. The highest BCUT2D eigenvalue weighted by atomic mass is 35.5. The van der Waals surface area contributed by atoms with Gasteiger partial charge in [-0.25, -0.2) is 4.98 Å². The molecule has 1 aromatic heterocycles. The largest absolute Gasteiger partial charge is 0.357 e. The quantitative estimate of drug-likeness (QED) is 0.855. The van der Waals surface area contributed by atoms with Gasteiger partial charge in [-0.3, -0.25) is 4.79 Å². The summed E-state index contributed by atoms with van der Waals surface area (Å²) < 4.78 is 0. The van der Waals surface area contributed by atoms with E-state index in [-0.39, 0.29) is 36.1 Å². The van der Waals surface area contributed by atoms with Crippen LogP contribution in [-0.2, 0) is 4.79 Å². The Bertz CT molecular complexity index is 442. The Kier molecular flexibility index (Phi) is 10.4. The molecule has 3 N–H and O–H groups in total. The number of carbonyl (C=O) groups excluding carboxylic acids is 1. The Morgan fingerprint density at radius 2 is 1.82 bits per heavy atom. The van der Waals surface area contributed by atoms with Crippen molar-refractivity contribution in [3.05, 3.63) is 18.3 Å². The molecule has 0 aliphatic rings. The number of amides is 1. The van der Waals surface area contributed by atoms with Gasteiger partial charge in [-0.1, -0.05) is 20.8 Å². The lowest BCUT2D eigenvalue weighted by Crippen LogP contribution is -2.45. The van der Waals surface area contributed by atoms with Gasteiger partial charge < -0.3 is 16.0 Å². The minimum atomic E-state index is -0.551. The summed E-state index contributed by atoms with van der Waals surface area (Å²) in [4.78, 5) is 18.5. The normalized spacial score (nSPS) is 11.7. The van der Waals surface area contributed by atoms with Crippen LogP contribution >= 0.6 is 24.8 Å². The third-order valence-corrected chi connectivity index (χ3v) is 3.32. The fourth-order valence-electron chi connectivity index (χ4n) is 1.81. The lowest BCUT2D eigenvalue weighted by molar-refractivity contribution is -0.119. The van der Waals surface area contributed by atoms with Crippen LogP contribution in [0.4, 0.5) is 11.5 Å². The van der Waals surface area contributed by atoms with Crippen molar-refractivity contribution in [3.63, 3.8) is 0 Å². The molecule has 0 fully saturated rings. The zero-order valence-corrected chi connectivity index (χ0v) is 15.6. The van der Waals surface area contributed by atoms with Gasteiger partial charge in [0.2, 0.25) is 5.91 Å². The van der Waals surface area contributed by atoms with E-state index in [1.165, 1.54) is 0 Å². The van der Waals surface area contributed by atoms with E-state index in [2.05, 4.69) is 29.0 Å². The maximum atomic E-state index is 12.0. The molecular weight excluding hydrogens is 323 g/mol. The van der Waals surface area contributed by atoms with Gasteiger partial charge in [0.15, 0.2) is 0 Å². The zero-order valence-electron chi connectivity index (χ0n) is 13.9. The third-order valence-electron chi connectivity index (χ3n) is 3.32. The first-order chi connectivity index (χ1) is 9.29. The van der Waals surface area contributed by atoms with Crippen LogP contribution in [-0.4, -0.2) is 30.0 Å². The molecule has 7 heteroatoms. The number of hydrogen-bond acceptors (Lipinski definition) is 4. The zero-order chi connectivity index (χ0) is 15.3. The summed E-state index contributed by atoms with van der Waals surface area (Å²) in [5.41, 5.74) is 6.33. The van der Waals surface area contributed by atoms with E-state index in [1.54, 1.807) is 6.20 Å². The molecule has 128 valence electrons. The van der Waals surface area contributed by atoms with E-state index < -0.39 is 6.04 Å². The number of anilines is 2. The molecule has 22 heavy (non-hydrogen) atoms. The molecule has 0 unspecified atom stereocenters. The van der Waals surface area contributed by atoms with E-state index >= 15 is 0 Å². The summed E-state index contributed by atoms with van der Waals surface area (Å²) >= 11 is 0. The molecular formula is C15H28Cl2N4O. The van der Waals surface area contributed by atoms with Crippen LogP contribution in [0.1, 0.15) is 34.6 Å². The maximum absolute atomic E-state index is 12.0. The second-order valence-corrected chi connectivity index (χ2v) is 5.91. The molecule has 0 bridgehead atoms. The second kappa shape index (κ2) is 9.87. The Morgan fingerprint density at radius 1 is 1.27 bits per heavy atom. The lowest BCUT2D eigenvalue weighted by Gasteiger charge is -2.26. The Hall–Kier alpha value is -1.04. The van der Waals surface area contributed by atoms with Gasteiger partial charge in [0.05, 0.1) is 17.9 Å². The summed E-state index contributed by atoms with van der Waals surface area (Å²) in [6.07, 6.45) is 1.67. The fraction of sp³-hybridized carbons (Fsp3) is 0.600. The standard InChI is InChI=1S/C15H26N4O.2ClH/c1-6-19(7-2)12-9-8-11(10-17-12)18-14(20)13(16)15(3,4)5;;/h8-10,13H,6-7,16H2,1-5H3,(H,18,20);2*1H/t13-;;/m1../s1. The van der Waals surface area contributed by atoms with E-state index in [0.717, 1.165) is 18.9 Å². The first kappa shape index (κ1) is 23.2. The molecule has 0 radical (unpaired) electrons. The Balaban J connectivity index is 0. The van der Waals surface area contributed by atoms with Crippen molar-refractivity contribution < 1.29 is 4.79 Å². The molecule has 1 amide bonds. The number of aromatic nitrogens is 1. The molecule has 0 saturated heterocycles. The number of rotatable bonds is 5. The number of nitrogens with one attached hydrogen (secondary N) is 1. The highest BCUT2D eigenvalue weighted by molar-refractivity contribution is 5.95. The molecule has 1 rings (SSSR count). The van der Waals surface area contributed by atoms with Crippen molar-refractivity contribution in [1.29, 1.82) is 0 Å². The van der Waals surface area contributed by atoms with Gasteiger partial charge in [0.1, 0.15) is 5.82 Å². The SMILES string of the molecule is CCN(CC)c1ccc(NC(=O)[C@@H](N)C(C)(C)C)cn1.Cl.Cl. The first-order valence-electron chi connectivity index (χ1n) is 7.07. The number of nitrogens with zero attached hydrogens (tertiary/aromatic N) is 2. The molecule has 0 aromatic carbocycles. The van der Waals surface area contributed by atoms with Crippen molar-refractivity contribution >= 4 is 42.2 Å². The van der Waals surface area contributed by atoms with Crippen molar-refractivity contribution in [2.24, 2.45) is 11.1 Å². The van der Waals surface area contributed by atoms with Gasteiger partial charge in [0.25, 0.3) is 0 Å². The van der Waals surface area contributed by atoms with E-state index in [1.807, 2.05) is 32.9 Å². The summed E-state index contributed by atoms with van der Waals surface area (Å²) in [6.45, 7) is 11.8. The van der Waals surface area contributed by atoms with Crippen LogP contribution in [0.15, 0.2) is 18.3 Å². The van der Waals surface area contributed by atoms with Crippen molar-refractivity contribution in [2.75, 3.05) is 23.3 Å². The molecule has 0 spiro atoms. The summed E-state index contributed by atoms with van der Waals surface area (Å²) in [5, 5.41) is 2.81. The monoisotopic (exact) mass is 350 g/mol. The molecule has 0 aliphatic heterocycles. The van der Waals surface area contributed by atoms with Crippen LogP contribution in [0.3, 0.4) is 0 Å². The first-order valence-corrected chi connectivity index (χ1v) is 7.07. The van der Waals surface area contributed by atoms with Crippen LogP contribution in [0.2, 0.25) is 0 Å². The molecule has 5 nitrogen and oxygen atoms in total. The van der Waals surface area contributed by atoms with Gasteiger partial charge in [-0.15, -0.1) is 24.8 Å². The topological polar surface area (TPSA) is 71.2 Å². The van der Waals surface area contributed by atoms with Crippen molar-refractivity contribution in [1.82, 2.24) is 4.98 Å². The van der Waals surface area contributed by atoms with Gasteiger partial charge in [-0.05, 0) is 31.4 Å². The molecule has 1 atom stereocenters. The minimum absolute atomic E-state index is 0. The second-order valence-electron chi connectivity index (χ2n) is 5.91. The molecule has 1 heterocycles. The highest BCUT2D eigenvalue weighted by Gasteiger charge is 2.27. The maximum Gasteiger partial charge on any atom is 0.241 e. The van der Waals surface area contributed by atoms with E-state index in [9.17, 15) is 4.79 Å². The predicted molar refractivity (Wildman–Crippen MR) is 98.4 cm³/mol. The average molecular weight is 351 g/mol. The van der Waals surface area contributed by atoms with Gasteiger partial charge in [0, 0.05) is 13.1 Å². The summed E-state index contributed by atoms with van der Waals surface area (Å²) in [7, 11) is 0. The van der Waals surface area contributed by atoms with Crippen LogP contribution in [0.25, 0.3) is 0 Å². The van der Waals surface area contributed by atoms with Crippen LogP contribution < -0.4 is 16.0 Å². The van der Waals surface area contributed by atoms with Crippen LogP contribution in [0.5, 0.6) is 0 Å². The average Bonchev–Trinajstić information content (AvgIpc) is 2.40. The smallest absolute Gasteiger partial charge is 0.241 e. The number of hydrogen-bond donors (Lipinski definition) is 2. The molecule has 0 aliphatic carbocycles. The number of nitrogens with two attached hydrogens (primary N) is 1. The van der Waals surface area contributed by atoms with Gasteiger partial charge >= 0.3 is 0 Å². The van der Waals surface area contributed by atoms with Gasteiger partial charge in [-0.2, -0.15) is 0 Å². The number of pyridine rings is 1. The summed E-state index contributed by atoms with van der Waals surface area (Å²) in [6, 6.07) is 3.21. The third kappa shape index (κ3) is 6.38. The Labute approximate surface area is 145 Å². The van der Waals surface area contributed by atoms with Crippen LogP contribution in [0, 0.1) is 5.41 Å². The molecule has 0 saturated carbocycles. The van der Waals surface area contributed by atoms with E-state index in [4.69, 9.17) is 5.73 Å². The minimum Gasteiger partial charge on any atom is -0.357 e. The summed E-state index contributed by atoms with van der Waals surface area (Å²) in [5.74, 6) is 0.725. The van der Waals surface area contributed by atoms with Crippen molar-refractivity contribution in [2.45, 2.75) is 40.7 Å².